The Labute approximate surface area is 335 Å². The summed E-state index contributed by atoms with van der Waals surface area (Å²) in [5, 5.41) is 2.35. The van der Waals surface area contributed by atoms with Crippen molar-refractivity contribution in [1.29, 1.82) is 0 Å². The molecule has 0 amide bonds. The second kappa shape index (κ2) is 11.1. The molecule has 8 aliphatic rings. The third-order valence-electron chi connectivity index (χ3n) is 17.6. The largest absolute Gasteiger partial charge is 0.456 e. The summed E-state index contributed by atoms with van der Waals surface area (Å²) in [5.74, 6) is 5.59. The summed E-state index contributed by atoms with van der Waals surface area (Å²) in [6.45, 7) is 2.63. The number of para-hydroxylation sites is 1. The summed E-state index contributed by atoms with van der Waals surface area (Å²) in [7, 11) is 0. The summed E-state index contributed by atoms with van der Waals surface area (Å²) in [6.07, 6.45) is 12.5. The minimum atomic E-state index is 0.124. The molecule has 1 aromatic heterocycles. The highest BCUT2D eigenvalue weighted by Gasteiger charge is 2.62. The van der Waals surface area contributed by atoms with Gasteiger partial charge in [0.05, 0.1) is 0 Å². The van der Waals surface area contributed by atoms with Crippen molar-refractivity contribution in [1.82, 2.24) is 0 Å². The lowest BCUT2D eigenvalue weighted by Crippen LogP contribution is -2.51. The van der Waals surface area contributed by atoms with Crippen LogP contribution >= 0.6 is 0 Å². The number of nitrogens with zero attached hydrogens (tertiary/aromatic N) is 1. The van der Waals surface area contributed by atoms with Crippen LogP contribution in [-0.2, 0) is 10.8 Å². The summed E-state index contributed by atoms with van der Waals surface area (Å²) >= 11 is 0. The molecular formula is C55H49NO. The van der Waals surface area contributed by atoms with Gasteiger partial charge in [-0.15, -0.1) is 0 Å². The first-order valence-corrected chi connectivity index (χ1v) is 22.3. The minimum absolute atomic E-state index is 0.124. The molecule has 6 aromatic carbocycles. The fraction of sp³-hybridized carbons (Fsp3) is 0.345. The highest BCUT2D eigenvalue weighted by Crippen LogP contribution is 2.70. The maximum atomic E-state index is 6.40. The van der Waals surface area contributed by atoms with E-state index < -0.39 is 0 Å². The molecule has 8 unspecified atom stereocenters. The van der Waals surface area contributed by atoms with Gasteiger partial charge in [-0.2, -0.15) is 0 Å². The average Bonchev–Trinajstić information content (AvgIpc) is 4.04. The molecule has 9 atom stereocenters. The lowest BCUT2D eigenvalue weighted by molar-refractivity contribution is 0.0174. The van der Waals surface area contributed by atoms with Crippen molar-refractivity contribution < 1.29 is 4.42 Å². The van der Waals surface area contributed by atoms with E-state index in [9.17, 15) is 0 Å². The topological polar surface area (TPSA) is 16.4 Å². The van der Waals surface area contributed by atoms with Crippen LogP contribution in [0.3, 0.4) is 0 Å². The Balaban J connectivity index is 0.996. The first kappa shape index (κ1) is 31.9. The Bertz CT molecular complexity index is 2840. The van der Waals surface area contributed by atoms with Gasteiger partial charge >= 0.3 is 0 Å². The number of hydrogen-bond acceptors (Lipinski definition) is 2. The van der Waals surface area contributed by atoms with Crippen LogP contribution in [0.15, 0.2) is 132 Å². The molecule has 0 N–H and O–H groups in total. The number of fused-ring (bicyclic) bond motifs is 15. The van der Waals surface area contributed by atoms with Crippen LogP contribution in [0, 0.1) is 41.4 Å². The van der Waals surface area contributed by atoms with Crippen LogP contribution in [0.25, 0.3) is 44.2 Å². The van der Waals surface area contributed by atoms with Crippen molar-refractivity contribution in [2.75, 3.05) is 4.90 Å². The van der Waals surface area contributed by atoms with Crippen molar-refractivity contribution in [3.8, 4) is 22.3 Å². The van der Waals surface area contributed by atoms with E-state index in [1.165, 1.54) is 108 Å². The Morgan fingerprint density at radius 2 is 1.19 bits per heavy atom. The lowest BCUT2D eigenvalue weighted by Gasteiger charge is -2.55. The molecule has 15 rings (SSSR count). The Morgan fingerprint density at radius 3 is 2.07 bits per heavy atom. The quantitative estimate of drug-likeness (QED) is 0.179. The number of benzene rings is 6. The van der Waals surface area contributed by atoms with Crippen LogP contribution < -0.4 is 4.90 Å². The van der Waals surface area contributed by atoms with Gasteiger partial charge in [0.15, 0.2) is 0 Å². The minimum Gasteiger partial charge on any atom is -0.456 e. The zero-order chi connectivity index (χ0) is 37.2. The Kier molecular flexibility index (Phi) is 6.22. The predicted octanol–water partition coefficient (Wildman–Crippen LogP) is 14.5. The van der Waals surface area contributed by atoms with Gasteiger partial charge in [0, 0.05) is 38.7 Å². The van der Waals surface area contributed by atoms with Crippen LogP contribution in [-0.4, -0.2) is 0 Å². The first-order valence-electron chi connectivity index (χ1n) is 22.3. The van der Waals surface area contributed by atoms with E-state index in [1.807, 2.05) is 0 Å². The normalized spacial score (nSPS) is 32.0. The zero-order valence-corrected chi connectivity index (χ0v) is 32.9. The van der Waals surface area contributed by atoms with E-state index in [0.717, 1.165) is 52.6 Å². The van der Waals surface area contributed by atoms with E-state index in [0.29, 0.717) is 0 Å². The van der Waals surface area contributed by atoms with Gasteiger partial charge in [-0.25, -0.2) is 0 Å². The van der Waals surface area contributed by atoms with Crippen LogP contribution in [0.4, 0.5) is 17.1 Å². The van der Waals surface area contributed by atoms with E-state index in [2.05, 4.69) is 139 Å². The van der Waals surface area contributed by atoms with Gasteiger partial charge in [0.2, 0.25) is 0 Å². The summed E-state index contributed by atoms with van der Waals surface area (Å²) in [6, 6.07) is 49.7. The molecule has 1 heterocycles. The van der Waals surface area contributed by atoms with E-state index in [1.54, 1.807) is 22.3 Å². The highest BCUT2D eigenvalue weighted by molar-refractivity contribution is 6.06. The number of hydrogen-bond donors (Lipinski definition) is 0. The molecule has 280 valence electrons. The van der Waals surface area contributed by atoms with Crippen molar-refractivity contribution in [2.24, 2.45) is 41.4 Å². The molecule has 6 bridgehead atoms. The molecule has 8 aliphatic carbocycles. The third-order valence-corrected chi connectivity index (χ3v) is 17.6. The van der Waals surface area contributed by atoms with E-state index in [4.69, 9.17) is 4.42 Å². The molecule has 0 radical (unpaired) electrons. The fourth-order valence-corrected chi connectivity index (χ4v) is 15.6. The van der Waals surface area contributed by atoms with Gasteiger partial charge in [-0.1, -0.05) is 92.2 Å². The van der Waals surface area contributed by atoms with Crippen molar-refractivity contribution in [3.63, 3.8) is 0 Å². The third kappa shape index (κ3) is 3.94. The van der Waals surface area contributed by atoms with Crippen molar-refractivity contribution >= 4 is 39.0 Å². The molecular weight excluding hydrogens is 691 g/mol. The van der Waals surface area contributed by atoms with Crippen LogP contribution in [0.1, 0.15) is 87.0 Å². The fourth-order valence-electron chi connectivity index (χ4n) is 15.6. The molecule has 2 spiro atoms. The molecule has 6 saturated carbocycles. The summed E-state index contributed by atoms with van der Waals surface area (Å²) in [5.41, 5.74) is 18.1. The second-order valence-corrected chi connectivity index (χ2v) is 19.7. The summed E-state index contributed by atoms with van der Waals surface area (Å²) < 4.78 is 6.40. The highest BCUT2D eigenvalue weighted by atomic mass is 16.3. The molecule has 0 saturated heterocycles. The maximum absolute atomic E-state index is 6.40. The molecule has 2 nitrogen and oxygen atoms in total. The number of rotatable bonds is 3. The number of furan rings is 1. The van der Waals surface area contributed by atoms with Gasteiger partial charge in [-0.05, 0) is 186 Å². The van der Waals surface area contributed by atoms with Crippen molar-refractivity contribution in [2.45, 2.75) is 75.5 Å². The Morgan fingerprint density at radius 1 is 0.509 bits per heavy atom. The molecule has 6 fully saturated rings. The van der Waals surface area contributed by atoms with Gasteiger partial charge < -0.3 is 9.32 Å². The number of anilines is 3. The smallest absolute Gasteiger partial charge is 0.135 e. The average molecular weight is 740 g/mol. The lowest BCUT2D eigenvalue weighted by atomic mass is 9.48. The first-order chi connectivity index (χ1) is 28.1. The molecule has 2 heteroatoms. The Hall–Kier alpha value is -5.08. The van der Waals surface area contributed by atoms with Gasteiger partial charge in [0.25, 0.3) is 0 Å². The van der Waals surface area contributed by atoms with Gasteiger partial charge in [-0.3, -0.25) is 0 Å². The molecule has 7 aromatic rings. The zero-order valence-electron chi connectivity index (χ0n) is 32.9. The standard InChI is InChI=1S/C55H49NO/c1-32-35-15-17-37-26-34(24-35)27-50(32)55(37)48-12-6-3-9-42(48)45-28-38(19-22-49(45)55)56(39-20-23-53-46(29-39)44-10-4-7-13-52(44)57-53)40-18-21-43-41-8-2-5-11-47(41)54(51(43)30-40)31-33-14-16-36(54)25-33/h2-13,18-23,28-30,32-37,50H,14-17,24-27,31H2,1H3/t32-,33?,34?,35?,36?,37?,50?,54?,55?/m0/s1. The predicted molar refractivity (Wildman–Crippen MR) is 232 cm³/mol. The SMILES string of the molecule is C[C@H]1C2CCC3CC(C2)CC1C31c2ccccc2-c2cc(N(c3ccc4c(c3)C3(CC5CCC3C5)c3ccccc3-4)c3ccc4oc5ccccc5c4c3)ccc21. The van der Waals surface area contributed by atoms with E-state index in [-0.39, 0.29) is 10.8 Å². The molecule has 57 heavy (non-hydrogen) atoms. The summed E-state index contributed by atoms with van der Waals surface area (Å²) in [4.78, 5) is 2.59. The second-order valence-electron chi connectivity index (χ2n) is 19.7. The van der Waals surface area contributed by atoms with Crippen LogP contribution in [0.2, 0.25) is 0 Å². The van der Waals surface area contributed by atoms with E-state index >= 15 is 0 Å². The van der Waals surface area contributed by atoms with Crippen molar-refractivity contribution in [3.05, 3.63) is 150 Å². The van der Waals surface area contributed by atoms with Crippen LogP contribution in [0.5, 0.6) is 0 Å². The monoisotopic (exact) mass is 739 g/mol. The maximum Gasteiger partial charge on any atom is 0.135 e. The van der Waals surface area contributed by atoms with Gasteiger partial charge in [0.1, 0.15) is 11.2 Å². The molecule has 0 aliphatic heterocycles.